The lowest BCUT2D eigenvalue weighted by Crippen LogP contribution is -2.35. The Balaban J connectivity index is 2.38. The van der Waals surface area contributed by atoms with Gasteiger partial charge in [-0.05, 0) is 23.8 Å². The van der Waals surface area contributed by atoms with Crippen LogP contribution < -0.4 is 5.32 Å². The molecule has 0 saturated heterocycles. The Morgan fingerprint density at radius 3 is 2.71 bits per heavy atom. The predicted molar refractivity (Wildman–Crippen MR) is 68.0 cm³/mol. The maximum absolute atomic E-state index is 12.0. The molecule has 2 rings (SSSR count). The molecule has 1 atom stereocenters. The van der Waals surface area contributed by atoms with E-state index in [2.05, 4.69) is 5.32 Å². The van der Waals surface area contributed by atoms with E-state index in [0.29, 0.717) is 5.56 Å². The molecule has 17 heavy (non-hydrogen) atoms. The average Bonchev–Trinajstić information content (AvgIpc) is 2.37. The van der Waals surface area contributed by atoms with E-state index in [-0.39, 0.29) is 18.6 Å². The van der Waals surface area contributed by atoms with Crippen molar-refractivity contribution in [2.45, 2.75) is 13.0 Å². The summed E-state index contributed by atoms with van der Waals surface area (Å²) in [5.41, 5.74) is 0.642. The van der Waals surface area contributed by atoms with Gasteiger partial charge >= 0.3 is 0 Å². The highest BCUT2D eigenvalue weighted by Gasteiger charge is 2.11. The van der Waals surface area contributed by atoms with E-state index >= 15 is 0 Å². The second-order valence-corrected chi connectivity index (χ2v) is 4.08. The molecule has 0 aromatic heterocycles. The summed E-state index contributed by atoms with van der Waals surface area (Å²) in [6.07, 6.45) is 0. The molecule has 2 N–H and O–H groups in total. The molecule has 3 nitrogen and oxygen atoms in total. The summed E-state index contributed by atoms with van der Waals surface area (Å²) in [6.45, 7) is 1.71. The molecule has 0 saturated carbocycles. The molecular formula is C14H15NO2. The quantitative estimate of drug-likeness (QED) is 0.845. The minimum atomic E-state index is -0.235. The third-order valence-corrected chi connectivity index (χ3v) is 2.69. The monoisotopic (exact) mass is 229 g/mol. The number of hydrogen-bond acceptors (Lipinski definition) is 2. The molecule has 88 valence electrons. The summed E-state index contributed by atoms with van der Waals surface area (Å²) < 4.78 is 0. The number of amides is 1. The Labute approximate surface area is 100 Å². The lowest BCUT2D eigenvalue weighted by Gasteiger charge is -2.12. The van der Waals surface area contributed by atoms with E-state index < -0.39 is 0 Å². The molecule has 0 bridgehead atoms. The van der Waals surface area contributed by atoms with Crippen molar-refractivity contribution < 1.29 is 9.90 Å². The van der Waals surface area contributed by atoms with Crippen LogP contribution in [0, 0.1) is 0 Å². The fraction of sp³-hybridized carbons (Fsp3) is 0.214. The molecule has 0 aliphatic heterocycles. The van der Waals surface area contributed by atoms with Crippen molar-refractivity contribution in [2.75, 3.05) is 6.61 Å². The summed E-state index contributed by atoms with van der Waals surface area (Å²) in [7, 11) is 0. The van der Waals surface area contributed by atoms with Crippen LogP contribution in [0.4, 0.5) is 0 Å². The third-order valence-electron chi connectivity index (χ3n) is 2.69. The first-order chi connectivity index (χ1) is 8.22. The molecule has 0 radical (unpaired) electrons. The first kappa shape index (κ1) is 11.6. The van der Waals surface area contributed by atoms with E-state index in [1.54, 1.807) is 13.0 Å². The molecule has 1 amide bonds. The van der Waals surface area contributed by atoms with Crippen LogP contribution in [0.2, 0.25) is 0 Å². The van der Waals surface area contributed by atoms with E-state index in [1.165, 1.54) is 0 Å². The van der Waals surface area contributed by atoms with Gasteiger partial charge in [-0.1, -0.05) is 36.4 Å². The van der Waals surface area contributed by atoms with Gasteiger partial charge in [0.2, 0.25) is 0 Å². The molecule has 2 aromatic rings. The number of nitrogens with one attached hydrogen (secondary N) is 1. The number of aliphatic hydroxyl groups is 1. The summed E-state index contributed by atoms with van der Waals surface area (Å²) in [5, 5.41) is 13.6. The predicted octanol–water partition coefficient (Wildman–Crippen LogP) is 1.95. The number of benzene rings is 2. The number of hydrogen-bond donors (Lipinski definition) is 2. The van der Waals surface area contributed by atoms with Crippen LogP contribution in [0.15, 0.2) is 42.5 Å². The fourth-order valence-corrected chi connectivity index (χ4v) is 1.77. The van der Waals surface area contributed by atoms with Gasteiger partial charge in [0.1, 0.15) is 0 Å². The molecule has 0 spiro atoms. The lowest BCUT2D eigenvalue weighted by atomic mass is 10.0. The maximum Gasteiger partial charge on any atom is 0.252 e. The van der Waals surface area contributed by atoms with Gasteiger partial charge in [0.05, 0.1) is 6.61 Å². The lowest BCUT2D eigenvalue weighted by molar-refractivity contribution is 0.0924. The van der Waals surface area contributed by atoms with Crippen molar-refractivity contribution in [3.05, 3.63) is 48.0 Å². The van der Waals surface area contributed by atoms with Gasteiger partial charge in [-0.2, -0.15) is 0 Å². The minimum Gasteiger partial charge on any atom is -0.394 e. The van der Waals surface area contributed by atoms with Crippen molar-refractivity contribution in [3.8, 4) is 0 Å². The molecule has 0 aliphatic carbocycles. The highest BCUT2D eigenvalue weighted by molar-refractivity contribution is 6.07. The number of fused-ring (bicyclic) bond motifs is 1. The normalized spacial score (nSPS) is 12.4. The van der Waals surface area contributed by atoms with Crippen LogP contribution in [0.5, 0.6) is 0 Å². The van der Waals surface area contributed by atoms with Crippen LogP contribution >= 0.6 is 0 Å². The van der Waals surface area contributed by atoms with Gasteiger partial charge in [-0.3, -0.25) is 4.79 Å². The first-order valence-corrected chi connectivity index (χ1v) is 5.62. The van der Waals surface area contributed by atoms with Gasteiger partial charge in [-0.25, -0.2) is 0 Å². The molecule has 0 aliphatic rings. The Morgan fingerprint density at radius 1 is 1.24 bits per heavy atom. The summed E-state index contributed by atoms with van der Waals surface area (Å²) in [4.78, 5) is 12.0. The average molecular weight is 229 g/mol. The molecule has 0 fully saturated rings. The second-order valence-electron chi connectivity index (χ2n) is 4.08. The highest BCUT2D eigenvalue weighted by atomic mass is 16.3. The molecule has 0 heterocycles. The van der Waals surface area contributed by atoms with Crippen molar-refractivity contribution in [2.24, 2.45) is 0 Å². The molecular weight excluding hydrogens is 214 g/mol. The van der Waals surface area contributed by atoms with Gasteiger partial charge in [0.15, 0.2) is 0 Å². The van der Waals surface area contributed by atoms with Crippen LogP contribution in [0.1, 0.15) is 17.3 Å². The topological polar surface area (TPSA) is 49.3 Å². The van der Waals surface area contributed by atoms with Crippen LogP contribution in [0.3, 0.4) is 0 Å². The number of rotatable bonds is 3. The van der Waals surface area contributed by atoms with E-state index in [1.807, 2.05) is 36.4 Å². The second kappa shape index (κ2) is 4.97. The van der Waals surface area contributed by atoms with Crippen molar-refractivity contribution in [1.29, 1.82) is 0 Å². The zero-order valence-corrected chi connectivity index (χ0v) is 9.68. The van der Waals surface area contributed by atoms with Gasteiger partial charge in [0, 0.05) is 11.6 Å². The maximum atomic E-state index is 12.0. The van der Waals surface area contributed by atoms with Crippen molar-refractivity contribution in [3.63, 3.8) is 0 Å². The SMILES string of the molecule is CC(CO)NC(=O)c1cccc2ccccc12. The van der Waals surface area contributed by atoms with Crippen molar-refractivity contribution in [1.82, 2.24) is 5.32 Å². The standard InChI is InChI=1S/C14H15NO2/c1-10(9-16)15-14(17)13-8-4-6-11-5-2-3-7-12(11)13/h2-8,10,16H,9H2,1H3,(H,15,17). The minimum absolute atomic E-state index is 0.0590. The summed E-state index contributed by atoms with van der Waals surface area (Å²) in [6, 6.07) is 13.1. The highest BCUT2D eigenvalue weighted by Crippen LogP contribution is 2.18. The molecule has 3 heteroatoms. The number of aliphatic hydroxyl groups excluding tert-OH is 1. The van der Waals surface area contributed by atoms with E-state index in [0.717, 1.165) is 10.8 Å². The van der Waals surface area contributed by atoms with Crippen molar-refractivity contribution >= 4 is 16.7 Å². The van der Waals surface area contributed by atoms with Gasteiger partial charge in [0.25, 0.3) is 5.91 Å². The summed E-state index contributed by atoms with van der Waals surface area (Å²) >= 11 is 0. The van der Waals surface area contributed by atoms with Crippen LogP contribution in [-0.2, 0) is 0 Å². The molecule has 1 unspecified atom stereocenters. The number of carbonyl (C=O) groups is 1. The van der Waals surface area contributed by atoms with Crippen LogP contribution in [0.25, 0.3) is 10.8 Å². The Kier molecular flexibility index (Phi) is 3.40. The van der Waals surface area contributed by atoms with Gasteiger partial charge in [-0.15, -0.1) is 0 Å². The zero-order chi connectivity index (χ0) is 12.3. The smallest absolute Gasteiger partial charge is 0.252 e. The number of carbonyl (C=O) groups excluding carboxylic acids is 1. The Bertz CT molecular complexity index is 531. The van der Waals surface area contributed by atoms with E-state index in [9.17, 15) is 4.79 Å². The Hall–Kier alpha value is -1.87. The molecule has 2 aromatic carbocycles. The summed E-state index contributed by atoms with van der Waals surface area (Å²) in [5.74, 6) is -0.150. The fourth-order valence-electron chi connectivity index (χ4n) is 1.77. The van der Waals surface area contributed by atoms with Crippen LogP contribution in [-0.4, -0.2) is 23.7 Å². The zero-order valence-electron chi connectivity index (χ0n) is 9.68. The first-order valence-electron chi connectivity index (χ1n) is 5.62. The Morgan fingerprint density at radius 2 is 1.94 bits per heavy atom. The van der Waals surface area contributed by atoms with E-state index in [4.69, 9.17) is 5.11 Å². The van der Waals surface area contributed by atoms with Gasteiger partial charge < -0.3 is 10.4 Å². The third kappa shape index (κ3) is 2.45. The largest absolute Gasteiger partial charge is 0.394 e.